The lowest BCUT2D eigenvalue weighted by Gasteiger charge is -2.13. The first-order chi connectivity index (χ1) is 9.64. The van der Waals surface area contributed by atoms with Crippen LogP contribution in [-0.4, -0.2) is 19.2 Å². The number of carbonyl (C=O) groups is 1. The zero-order valence-electron chi connectivity index (χ0n) is 12.8. The molecular weight excluding hydrogens is 256 g/mol. The number of hydrogen-bond donors (Lipinski definition) is 0. The molecule has 1 rings (SSSR count). The number of para-hydroxylation sites is 1. The first kappa shape index (κ1) is 18.0. The molecule has 4 heteroatoms. The van der Waals surface area contributed by atoms with Crippen LogP contribution in [0.2, 0.25) is 0 Å². The number of benzene rings is 1. The second kappa shape index (κ2) is 10.9. The number of esters is 1. The molecule has 0 aliphatic rings. The minimum Gasteiger partial charge on any atom is -0.490 e. The van der Waals surface area contributed by atoms with E-state index in [1.165, 1.54) is 6.42 Å². The largest absolute Gasteiger partial charge is 0.490 e. The molecule has 0 N–H and O–H groups in total. The zero-order valence-corrected chi connectivity index (χ0v) is 12.8. The first-order valence-corrected chi connectivity index (χ1v) is 6.87. The van der Waals surface area contributed by atoms with Crippen LogP contribution < -0.4 is 14.2 Å². The minimum absolute atomic E-state index is 0.336. The molecule has 4 nitrogen and oxygen atoms in total. The fraction of sp³-hybridized carbons (Fsp3) is 0.438. The van der Waals surface area contributed by atoms with Crippen LogP contribution in [0.5, 0.6) is 17.2 Å². The van der Waals surface area contributed by atoms with Crippen molar-refractivity contribution >= 4 is 5.97 Å². The van der Waals surface area contributed by atoms with Crippen LogP contribution in [0.15, 0.2) is 30.9 Å². The quantitative estimate of drug-likeness (QED) is 0.449. The first-order valence-electron chi connectivity index (χ1n) is 6.87. The van der Waals surface area contributed by atoms with E-state index >= 15 is 0 Å². The molecule has 1 aromatic rings. The van der Waals surface area contributed by atoms with Gasteiger partial charge >= 0.3 is 5.97 Å². The van der Waals surface area contributed by atoms with Gasteiger partial charge in [0.1, 0.15) is 0 Å². The lowest BCUT2D eigenvalue weighted by molar-refractivity contribution is -0.129. The molecule has 0 bridgehead atoms. The summed E-state index contributed by atoms with van der Waals surface area (Å²) < 4.78 is 15.9. The summed E-state index contributed by atoms with van der Waals surface area (Å²) in [7, 11) is 0. The maximum absolute atomic E-state index is 11.2. The van der Waals surface area contributed by atoms with Gasteiger partial charge in [0.2, 0.25) is 5.75 Å². The van der Waals surface area contributed by atoms with E-state index in [1.54, 1.807) is 18.2 Å². The van der Waals surface area contributed by atoms with Crippen molar-refractivity contribution in [3.63, 3.8) is 0 Å². The smallest absolute Gasteiger partial charge is 0.335 e. The SMILES string of the molecule is C=CC(=O)Oc1cccc(OCC)c1OCC.CCC. The molecule has 0 saturated heterocycles. The third-order valence-corrected chi connectivity index (χ3v) is 1.91. The highest BCUT2D eigenvalue weighted by molar-refractivity contribution is 5.84. The van der Waals surface area contributed by atoms with Crippen LogP contribution in [0.25, 0.3) is 0 Å². The van der Waals surface area contributed by atoms with Gasteiger partial charge in [-0.05, 0) is 26.0 Å². The molecule has 1 aromatic carbocycles. The molecule has 0 fully saturated rings. The fourth-order valence-corrected chi connectivity index (χ4v) is 1.28. The van der Waals surface area contributed by atoms with Gasteiger partial charge < -0.3 is 14.2 Å². The van der Waals surface area contributed by atoms with Crippen molar-refractivity contribution < 1.29 is 19.0 Å². The van der Waals surface area contributed by atoms with E-state index in [1.807, 2.05) is 13.8 Å². The van der Waals surface area contributed by atoms with E-state index < -0.39 is 5.97 Å². The highest BCUT2D eigenvalue weighted by Gasteiger charge is 2.13. The van der Waals surface area contributed by atoms with E-state index in [9.17, 15) is 4.79 Å². The van der Waals surface area contributed by atoms with Crippen LogP contribution in [0.1, 0.15) is 34.1 Å². The summed E-state index contributed by atoms with van der Waals surface area (Å²) in [5, 5.41) is 0. The van der Waals surface area contributed by atoms with Crippen molar-refractivity contribution in [2.75, 3.05) is 13.2 Å². The summed E-state index contributed by atoms with van der Waals surface area (Å²) in [5.74, 6) is 0.804. The zero-order chi connectivity index (χ0) is 15.4. The molecule has 0 atom stereocenters. The van der Waals surface area contributed by atoms with Crippen LogP contribution in [0.3, 0.4) is 0 Å². The maximum Gasteiger partial charge on any atom is 0.335 e. The highest BCUT2D eigenvalue weighted by Crippen LogP contribution is 2.37. The van der Waals surface area contributed by atoms with Crippen molar-refractivity contribution in [2.45, 2.75) is 34.1 Å². The van der Waals surface area contributed by atoms with Crippen LogP contribution in [-0.2, 0) is 4.79 Å². The van der Waals surface area contributed by atoms with Crippen molar-refractivity contribution in [2.24, 2.45) is 0 Å². The van der Waals surface area contributed by atoms with Gasteiger partial charge in [-0.2, -0.15) is 0 Å². The Morgan fingerprint density at radius 3 is 2.15 bits per heavy atom. The molecule has 0 amide bonds. The Labute approximate surface area is 121 Å². The second-order valence-electron chi connectivity index (χ2n) is 3.78. The predicted molar refractivity (Wildman–Crippen MR) is 80.6 cm³/mol. The lowest BCUT2D eigenvalue weighted by Crippen LogP contribution is -2.06. The number of hydrogen-bond acceptors (Lipinski definition) is 4. The lowest BCUT2D eigenvalue weighted by atomic mass is 10.3. The summed E-state index contributed by atoms with van der Waals surface area (Å²) >= 11 is 0. The normalized spacial score (nSPS) is 9.00. The Morgan fingerprint density at radius 2 is 1.65 bits per heavy atom. The Bertz CT molecular complexity index is 413. The molecule has 0 heterocycles. The highest BCUT2D eigenvalue weighted by atomic mass is 16.6. The molecular formula is C16H24O4. The van der Waals surface area contributed by atoms with E-state index in [4.69, 9.17) is 14.2 Å². The van der Waals surface area contributed by atoms with Crippen molar-refractivity contribution in [3.05, 3.63) is 30.9 Å². The van der Waals surface area contributed by atoms with E-state index in [0.29, 0.717) is 30.5 Å². The van der Waals surface area contributed by atoms with E-state index in [-0.39, 0.29) is 0 Å². The van der Waals surface area contributed by atoms with Gasteiger partial charge in [0.05, 0.1) is 13.2 Å². The average molecular weight is 280 g/mol. The van der Waals surface area contributed by atoms with Crippen molar-refractivity contribution in [3.8, 4) is 17.2 Å². The van der Waals surface area contributed by atoms with E-state index in [2.05, 4.69) is 20.4 Å². The Hall–Kier alpha value is -1.97. The van der Waals surface area contributed by atoms with Gasteiger partial charge in [-0.25, -0.2) is 4.79 Å². The third-order valence-electron chi connectivity index (χ3n) is 1.91. The molecule has 0 aliphatic carbocycles. The summed E-state index contributed by atoms with van der Waals surface area (Å²) in [4.78, 5) is 11.2. The summed E-state index contributed by atoms with van der Waals surface area (Å²) in [5.41, 5.74) is 0. The summed E-state index contributed by atoms with van der Waals surface area (Å²) in [6.45, 7) is 12.3. The van der Waals surface area contributed by atoms with Crippen LogP contribution >= 0.6 is 0 Å². The Morgan fingerprint density at radius 1 is 1.10 bits per heavy atom. The standard InChI is InChI=1S/C13H16O4.C3H8/c1-4-12(14)17-11-9-7-8-10(15-5-2)13(11)16-6-3;1-3-2/h4,7-9H,1,5-6H2,2-3H3;3H2,1-2H3. The van der Waals surface area contributed by atoms with E-state index in [0.717, 1.165) is 6.08 Å². The van der Waals surface area contributed by atoms with Gasteiger partial charge in [-0.1, -0.05) is 32.9 Å². The third kappa shape index (κ3) is 6.27. The summed E-state index contributed by atoms with van der Waals surface area (Å²) in [6.07, 6.45) is 2.35. The molecule has 0 saturated carbocycles. The van der Waals surface area contributed by atoms with Crippen LogP contribution in [0, 0.1) is 0 Å². The van der Waals surface area contributed by atoms with Gasteiger partial charge in [-0.15, -0.1) is 0 Å². The van der Waals surface area contributed by atoms with Crippen molar-refractivity contribution in [1.29, 1.82) is 0 Å². The molecule has 0 aromatic heterocycles. The Kier molecular flexibility index (Phi) is 9.83. The number of carbonyl (C=O) groups excluding carboxylic acids is 1. The summed E-state index contributed by atoms with van der Waals surface area (Å²) in [6, 6.07) is 5.15. The number of rotatable bonds is 6. The Balaban J connectivity index is 0.00000110. The maximum atomic E-state index is 11.2. The fourth-order valence-electron chi connectivity index (χ4n) is 1.28. The van der Waals surface area contributed by atoms with Gasteiger partial charge in [-0.3, -0.25) is 0 Å². The molecule has 0 aliphatic heterocycles. The predicted octanol–water partition coefficient (Wildman–Crippen LogP) is 3.99. The van der Waals surface area contributed by atoms with Gasteiger partial charge in [0.15, 0.2) is 11.5 Å². The minimum atomic E-state index is -0.528. The monoisotopic (exact) mass is 280 g/mol. The van der Waals surface area contributed by atoms with Gasteiger partial charge in [0, 0.05) is 6.08 Å². The average Bonchev–Trinajstić information content (AvgIpc) is 2.43. The molecule has 0 unspecified atom stereocenters. The number of ether oxygens (including phenoxy) is 3. The van der Waals surface area contributed by atoms with Crippen molar-refractivity contribution in [1.82, 2.24) is 0 Å². The molecule has 20 heavy (non-hydrogen) atoms. The topological polar surface area (TPSA) is 44.8 Å². The second-order valence-corrected chi connectivity index (χ2v) is 3.78. The van der Waals surface area contributed by atoms with Gasteiger partial charge in [0.25, 0.3) is 0 Å². The molecule has 0 spiro atoms. The van der Waals surface area contributed by atoms with Crippen LogP contribution in [0.4, 0.5) is 0 Å². The molecule has 0 radical (unpaired) electrons. The molecule has 112 valence electrons.